The molecule has 0 aliphatic heterocycles. The van der Waals surface area contributed by atoms with E-state index in [1.807, 2.05) is 30.3 Å². The summed E-state index contributed by atoms with van der Waals surface area (Å²) in [6, 6.07) is 46.6. The van der Waals surface area contributed by atoms with E-state index in [1.54, 1.807) is 22.7 Å². The Bertz CT molecular complexity index is 2430. The first-order valence-corrected chi connectivity index (χ1v) is 15.3. The molecule has 194 valence electrons. The quantitative estimate of drug-likeness (QED) is 0.213. The Morgan fingerprint density at radius 3 is 1.83 bits per heavy atom. The largest absolute Gasteiger partial charge is 0.192 e. The van der Waals surface area contributed by atoms with Gasteiger partial charge in [0.25, 0.3) is 0 Å². The van der Waals surface area contributed by atoms with Gasteiger partial charge in [0.15, 0.2) is 0 Å². The number of thiophene rings is 2. The maximum atomic E-state index is 10.7. The van der Waals surface area contributed by atoms with Crippen molar-refractivity contribution in [2.75, 3.05) is 0 Å². The van der Waals surface area contributed by atoms with E-state index < -0.39 is 0 Å². The lowest BCUT2D eigenvalue weighted by Crippen LogP contribution is -1.98. The van der Waals surface area contributed by atoms with Gasteiger partial charge in [-0.25, -0.2) is 0 Å². The van der Waals surface area contributed by atoms with Crippen molar-refractivity contribution in [1.82, 2.24) is 0 Å². The molecule has 0 radical (unpaired) electrons. The number of nitrogens with zero attached hydrogens (tertiary/aromatic N) is 2. The monoisotopic (exact) mass is 568 g/mol. The maximum absolute atomic E-state index is 10.7. The molecule has 0 aliphatic rings. The van der Waals surface area contributed by atoms with Gasteiger partial charge in [0.1, 0.15) is 12.1 Å². The minimum Gasteiger partial charge on any atom is -0.192 e. The zero-order chi connectivity index (χ0) is 28.2. The molecular weight excluding hydrogens is 549 g/mol. The lowest BCUT2D eigenvalue weighted by molar-refractivity contribution is 1.44. The summed E-state index contributed by atoms with van der Waals surface area (Å²) in [5.41, 5.74) is 6.22. The SMILES string of the molecule is N#Cc1c(-c2ccc3sc4ccccc4c3c2)cc(-c2cccc3sc4ccccc4c23)c(C#N)c1-c1ccccc1. The van der Waals surface area contributed by atoms with Crippen LogP contribution in [0.15, 0.2) is 121 Å². The minimum atomic E-state index is 0.516. The molecule has 0 fully saturated rings. The van der Waals surface area contributed by atoms with Gasteiger partial charge in [0, 0.05) is 57.0 Å². The van der Waals surface area contributed by atoms with Gasteiger partial charge in [-0.15, -0.1) is 22.7 Å². The van der Waals surface area contributed by atoms with Crippen LogP contribution in [-0.4, -0.2) is 0 Å². The average molecular weight is 569 g/mol. The van der Waals surface area contributed by atoms with Gasteiger partial charge in [-0.3, -0.25) is 0 Å². The van der Waals surface area contributed by atoms with Crippen LogP contribution in [0.4, 0.5) is 0 Å². The second-order valence-electron chi connectivity index (χ2n) is 10.3. The van der Waals surface area contributed by atoms with E-state index in [0.29, 0.717) is 16.7 Å². The third-order valence-electron chi connectivity index (χ3n) is 7.99. The molecule has 0 amide bonds. The fraction of sp³-hybridized carbons (Fsp3) is 0. The summed E-state index contributed by atoms with van der Waals surface area (Å²) < 4.78 is 4.85. The molecule has 0 spiro atoms. The highest BCUT2D eigenvalue weighted by atomic mass is 32.1. The smallest absolute Gasteiger partial charge is 0.100 e. The van der Waals surface area contributed by atoms with Crippen molar-refractivity contribution < 1.29 is 0 Å². The molecule has 0 aliphatic carbocycles. The highest BCUT2D eigenvalue weighted by Crippen LogP contribution is 2.46. The van der Waals surface area contributed by atoms with Crippen molar-refractivity contribution >= 4 is 63.0 Å². The van der Waals surface area contributed by atoms with Gasteiger partial charge < -0.3 is 0 Å². The number of hydrogen-bond donors (Lipinski definition) is 0. The lowest BCUT2D eigenvalue weighted by atomic mass is 9.83. The Balaban J connectivity index is 1.51. The predicted molar refractivity (Wildman–Crippen MR) is 178 cm³/mol. The van der Waals surface area contributed by atoms with Crippen molar-refractivity contribution in [2.24, 2.45) is 0 Å². The predicted octanol–water partition coefficient (Wildman–Crippen LogP) is 11.2. The van der Waals surface area contributed by atoms with E-state index in [0.717, 1.165) is 33.2 Å². The van der Waals surface area contributed by atoms with Gasteiger partial charge in [-0.05, 0) is 53.1 Å². The lowest BCUT2D eigenvalue weighted by Gasteiger charge is -2.18. The first kappa shape index (κ1) is 24.5. The fourth-order valence-corrected chi connectivity index (χ4v) is 8.36. The summed E-state index contributed by atoms with van der Waals surface area (Å²) in [5, 5.41) is 26.1. The summed E-state index contributed by atoms with van der Waals surface area (Å²) in [7, 11) is 0. The maximum Gasteiger partial charge on any atom is 0.100 e. The third kappa shape index (κ3) is 3.67. The molecule has 0 bridgehead atoms. The van der Waals surface area contributed by atoms with E-state index in [4.69, 9.17) is 0 Å². The fourth-order valence-electron chi connectivity index (χ4n) is 6.14. The second-order valence-corrected chi connectivity index (χ2v) is 12.4. The Morgan fingerprint density at radius 2 is 1.05 bits per heavy atom. The summed E-state index contributed by atoms with van der Waals surface area (Å²) in [6.45, 7) is 0. The van der Waals surface area contributed by atoms with E-state index in [9.17, 15) is 10.5 Å². The molecule has 0 saturated carbocycles. The van der Waals surface area contributed by atoms with E-state index in [-0.39, 0.29) is 0 Å². The van der Waals surface area contributed by atoms with Crippen molar-refractivity contribution in [3.05, 3.63) is 132 Å². The highest BCUT2D eigenvalue weighted by Gasteiger charge is 2.23. The molecule has 42 heavy (non-hydrogen) atoms. The minimum absolute atomic E-state index is 0.516. The molecular formula is C38H20N2S2. The van der Waals surface area contributed by atoms with Crippen LogP contribution in [-0.2, 0) is 0 Å². The molecule has 8 aromatic rings. The number of nitriles is 2. The van der Waals surface area contributed by atoms with Crippen LogP contribution >= 0.6 is 22.7 Å². The summed E-state index contributed by atoms with van der Waals surface area (Å²) in [4.78, 5) is 0. The summed E-state index contributed by atoms with van der Waals surface area (Å²) in [6.07, 6.45) is 0. The van der Waals surface area contributed by atoms with Crippen molar-refractivity contribution in [3.63, 3.8) is 0 Å². The summed E-state index contributed by atoms with van der Waals surface area (Å²) in [5.74, 6) is 0. The average Bonchev–Trinajstić information content (AvgIpc) is 3.62. The van der Waals surface area contributed by atoms with Crippen LogP contribution < -0.4 is 0 Å². The zero-order valence-electron chi connectivity index (χ0n) is 22.3. The van der Waals surface area contributed by atoms with Crippen LogP contribution in [0.3, 0.4) is 0 Å². The van der Waals surface area contributed by atoms with Crippen LogP contribution in [0.1, 0.15) is 11.1 Å². The number of rotatable bonds is 3. The number of benzene rings is 6. The zero-order valence-corrected chi connectivity index (χ0v) is 23.9. The van der Waals surface area contributed by atoms with E-state index in [1.165, 1.54) is 35.0 Å². The Kier molecular flexibility index (Phi) is 5.66. The molecule has 4 heteroatoms. The van der Waals surface area contributed by atoms with Gasteiger partial charge in [-0.2, -0.15) is 10.5 Å². The molecule has 0 atom stereocenters. The third-order valence-corrected chi connectivity index (χ3v) is 10.3. The standard InChI is InChI=1S/C38H20N2S2/c39-21-31-28(24-17-18-35-30(19-24)25-11-4-6-14-33(25)41-35)20-29(32(22-40)37(31)23-9-2-1-3-10-23)26-13-8-16-36-38(26)27-12-5-7-15-34(27)42-36/h1-20H. The van der Waals surface area contributed by atoms with Gasteiger partial charge in [-0.1, -0.05) is 84.9 Å². The first-order chi connectivity index (χ1) is 20.7. The highest BCUT2D eigenvalue weighted by molar-refractivity contribution is 7.26. The van der Waals surface area contributed by atoms with Crippen molar-refractivity contribution in [1.29, 1.82) is 10.5 Å². The molecule has 0 saturated heterocycles. The van der Waals surface area contributed by atoms with Crippen molar-refractivity contribution in [2.45, 2.75) is 0 Å². The van der Waals surface area contributed by atoms with E-state index >= 15 is 0 Å². The van der Waals surface area contributed by atoms with Gasteiger partial charge in [0.2, 0.25) is 0 Å². The van der Waals surface area contributed by atoms with Crippen LogP contribution in [0, 0.1) is 22.7 Å². The molecule has 0 unspecified atom stereocenters. The molecule has 0 N–H and O–H groups in total. The Labute approximate surface area is 250 Å². The van der Waals surface area contributed by atoms with Gasteiger partial charge in [0.05, 0.1) is 11.1 Å². The van der Waals surface area contributed by atoms with Gasteiger partial charge >= 0.3 is 0 Å². The molecule has 6 aromatic carbocycles. The first-order valence-electron chi connectivity index (χ1n) is 13.6. The van der Waals surface area contributed by atoms with Crippen LogP contribution in [0.25, 0.3) is 73.7 Å². The molecule has 2 heterocycles. The molecule has 2 aromatic heterocycles. The topological polar surface area (TPSA) is 47.6 Å². The van der Waals surface area contributed by atoms with E-state index in [2.05, 4.69) is 103 Å². The molecule has 2 nitrogen and oxygen atoms in total. The molecule has 8 rings (SSSR count). The second kappa shape index (κ2) is 9.68. The normalized spacial score (nSPS) is 11.3. The van der Waals surface area contributed by atoms with Crippen LogP contribution in [0.2, 0.25) is 0 Å². The number of fused-ring (bicyclic) bond motifs is 6. The van der Waals surface area contributed by atoms with Crippen LogP contribution in [0.5, 0.6) is 0 Å². The Morgan fingerprint density at radius 1 is 0.429 bits per heavy atom. The van der Waals surface area contributed by atoms with Crippen molar-refractivity contribution in [3.8, 4) is 45.5 Å². The summed E-state index contributed by atoms with van der Waals surface area (Å²) >= 11 is 3.54. The Hall–Kier alpha value is -5.26. The number of hydrogen-bond acceptors (Lipinski definition) is 4.